The molecule has 2 aromatic carbocycles. The number of hydrogen-bond donors (Lipinski definition) is 5. The van der Waals surface area contributed by atoms with E-state index in [-0.39, 0.29) is 22.1 Å². The molecule has 4 N–H and O–H groups in total. The lowest BCUT2D eigenvalue weighted by atomic mass is 10.2. The van der Waals surface area contributed by atoms with Crippen LogP contribution in [0.4, 0.5) is 32.3 Å². The van der Waals surface area contributed by atoms with Gasteiger partial charge in [0.2, 0.25) is 0 Å². The van der Waals surface area contributed by atoms with Gasteiger partial charge in [-0.1, -0.05) is 28.9 Å². The fourth-order valence-corrected chi connectivity index (χ4v) is 3.11. The first-order chi connectivity index (χ1) is 14.3. The Morgan fingerprint density at radius 3 is 2.27 bits per heavy atom. The van der Waals surface area contributed by atoms with Crippen LogP contribution in [0.3, 0.4) is 0 Å². The van der Waals surface area contributed by atoms with E-state index in [2.05, 4.69) is 38.4 Å². The Bertz CT molecular complexity index is 1080. The maximum absolute atomic E-state index is 12.5. The first-order valence-electron chi connectivity index (χ1n) is 8.11. The fourth-order valence-electron chi connectivity index (χ4n) is 2.28. The van der Waals surface area contributed by atoms with Crippen molar-refractivity contribution in [1.29, 1.82) is 0 Å². The SMILES string of the molecule is O=C(O)Nc1cc(Cl)cc(N(S)C(=O)Nc2ccc(NC(=O)c3csnn3)cc2)c1. The minimum atomic E-state index is -1.27. The number of rotatable bonds is 5. The van der Waals surface area contributed by atoms with Crippen molar-refractivity contribution in [2.75, 3.05) is 20.3 Å². The molecule has 0 aliphatic rings. The van der Waals surface area contributed by atoms with Gasteiger partial charge in [0, 0.05) is 27.5 Å². The van der Waals surface area contributed by atoms with Crippen LogP contribution in [-0.4, -0.2) is 32.7 Å². The van der Waals surface area contributed by atoms with Gasteiger partial charge >= 0.3 is 12.1 Å². The zero-order valence-corrected chi connectivity index (χ0v) is 17.3. The highest BCUT2D eigenvalue weighted by molar-refractivity contribution is 7.82. The van der Waals surface area contributed by atoms with Crippen molar-refractivity contribution in [2.45, 2.75) is 0 Å². The average molecular weight is 465 g/mol. The molecular weight excluding hydrogens is 452 g/mol. The van der Waals surface area contributed by atoms with E-state index >= 15 is 0 Å². The van der Waals surface area contributed by atoms with Crippen LogP contribution in [-0.2, 0) is 0 Å². The summed E-state index contributed by atoms with van der Waals surface area (Å²) in [6, 6.07) is 10.0. The van der Waals surface area contributed by atoms with Crippen molar-refractivity contribution in [2.24, 2.45) is 0 Å². The molecule has 0 fully saturated rings. The van der Waals surface area contributed by atoms with Gasteiger partial charge in [-0.2, -0.15) is 0 Å². The standard InChI is InChI=1S/C17H13ClN6O4S2/c18-9-5-12(21-17(27)28)7-13(6-9)24(29)16(26)20-11-3-1-10(2-4-11)19-15(25)14-8-30-23-22-14/h1-8,21,29H,(H,19,25)(H,20,26)(H,27,28). The molecule has 13 heteroatoms. The Kier molecular flexibility index (Phi) is 6.72. The zero-order chi connectivity index (χ0) is 21.7. The number of carbonyl (C=O) groups is 3. The van der Waals surface area contributed by atoms with Crippen LogP contribution in [0.25, 0.3) is 0 Å². The summed E-state index contributed by atoms with van der Waals surface area (Å²) >= 11 is 11.2. The Labute approximate surface area is 184 Å². The number of aromatic nitrogens is 2. The number of anilines is 4. The first kappa shape index (κ1) is 21.4. The number of hydrogen-bond acceptors (Lipinski definition) is 7. The summed E-state index contributed by atoms with van der Waals surface area (Å²) in [7, 11) is 0. The van der Waals surface area contributed by atoms with Crippen LogP contribution in [0, 0.1) is 0 Å². The van der Waals surface area contributed by atoms with Crippen LogP contribution >= 0.6 is 35.9 Å². The van der Waals surface area contributed by atoms with Gasteiger partial charge in [-0.15, -0.1) is 5.10 Å². The van der Waals surface area contributed by atoms with Gasteiger partial charge in [0.15, 0.2) is 5.69 Å². The van der Waals surface area contributed by atoms with Crippen LogP contribution in [0.2, 0.25) is 5.02 Å². The third-order valence-electron chi connectivity index (χ3n) is 3.56. The van der Waals surface area contributed by atoms with Gasteiger partial charge in [0.05, 0.1) is 5.69 Å². The number of halogens is 1. The van der Waals surface area contributed by atoms with Gasteiger partial charge in [-0.05, 0) is 54.0 Å². The van der Waals surface area contributed by atoms with E-state index in [0.717, 1.165) is 15.8 Å². The molecule has 0 saturated heterocycles. The van der Waals surface area contributed by atoms with Crippen molar-refractivity contribution in [3.8, 4) is 0 Å². The Hall–Kier alpha value is -3.35. The summed E-state index contributed by atoms with van der Waals surface area (Å²) in [5, 5.41) is 21.7. The molecular formula is C17H13ClN6O4S2. The number of carboxylic acid groups (broad SMARTS) is 1. The Morgan fingerprint density at radius 1 is 1.00 bits per heavy atom. The largest absolute Gasteiger partial charge is 0.465 e. The second-order valence-corrected chi connectivity index (χ2v) is 7.14. The van der Waals surface area contributed by atoms with E-state index in [9.17, 15) is 14.4 Å². The molecule has 0 atom stereocenters. The number of thiol groups is 1. The number of nitrogens with one attached hydrogen (secondary N) is 3. The summed E-state index contributed by atoms with van der Waals surface area (Å²) in [5.74, 6) is -0.395. The molecule has 30 heavy (non-hydrogen) atoms. The summed E-state index contributed by atoms with van der Waals surface area (Å²) in [6.45, 7) is 0. The highest BCUT2D eigenvalue weighted by atomic mass is 35.5. The van der Waals surface area contributed by atoms with Gasteiger partial charge in [0.25, 0.3) is 5.91 Å². The van der Waals surface area contributed by atoms with E-state index in [1.807, 2.05) is 0 Å². The number of urea groups is 1. The van der Waals surface area contributed by atoms with Crippen LogP contribution < -0.4 is 20.3 Å². The first-order valence-corrected chi connectivity index (χ1v) is 9.72. The van der Waals surface area contributed by atoms with Gasteiger partial charge in [0.1, 0.15) is 0 Å². The van der Waals surface area contributed by atoms with E-state index in [1.165, 1.54) is 23.6 Å². The van der Waals surface area contributed by atoms with Crippen molar-refractivity contribution in [1.82, 2.24) is 9.59 Å². The fraction of sp³-hybridized carbons (Fsp3) is 0. The van der Waals surface area contributed by atoms with Gasteiger partial charge < -0.3 is 15.7 Å². The summed E-state index contributed by atoms with van der Waals surface area (Å²) in [4.78, 5) is 35.2. The van der Waals surface area contributed by atoms with Gasteiger partial charge in [-0.25, -0.2) is 13.9 Å². The molecule has 1 heterocycles. The summed E-state index contributed by atoms with van der Waals surface area (Å²) < 4.78 is 4.60. The molecule has 1 aromatic heterocycles. The maximum atomic E-state index is 12.5. The topological polar surface area (TPSA) is 137 Å². The molecule has 3 rings (SSSR count). The average Bonchev–Trinajstić information content (AvgIpc) is 3.23. The molecule has 4 amide bonds. The number of benzene rings is 2. The van der Waals surface area contributed by atoms with Crippen molar-refractivity contribution in [3.05, 3.63) is 58.6 Å². The van der Waals surface area contributed by atoms with Crippen LogP contribution in [0.15, 0.2) is 47.8 Å². The highest BCUT2D eigenvalue weighted by Crippen LogP contribution is 2.27. The third kappa shape index (κ3) is 5.59. The smallest absolute Gasteiger partial charge is 0.409 e. The number of nitrogens with zero attached hydrogens (tertiary/aromatic N) is 3. The van der Waals surface area contributed by atoms with E-state index in [0.29, 0.717) is 11.4 Å². The minimum absolute atomic E-state index is 0.187. The van der Waals surface area contributed by atoms with Crippen molar-refractivity contribution in [3.63, 3.8) is 0 Å². The number of carbonyl (C=O) groups excluding carboxylic acids is 2. The zero-order valence-electron chi connectivity index (χ0n) is 14.9. The second kappa shape index (κ2) is 9.43. The molecule has 0 aliphatic carbocycles. The molecule has 0 bridgehead atoms. The molecule has 0 spiro atoms. The lowest BCUT2D eigenvalue weighted by Gasteiger charge is -2.18. The van der Waals surface area contributed by atoms with Crippen molar-refractivity contribution < 1.29 is 19.5 Å². The molecule has 3 aromatic rings. The lowest BCUT2D eigenvalue weighted by molar-refractivity contribution is 0.102. The number of amides is 4. The van der Waals surface area contributed by atoms with Gasteiger partial charge in [-0.3, -0.25) is 10.1 Å². The monoisotopic (exact) mass is 464 g/mol. The molecule has 0 radical (unpaired) electrons. The molecule has 0 aliphatic heterocycles. The van der Waals surface area contributed by atoms with E-state index in [4.69, 9.17) is 16.7 Å². The normalized spacial score (nSPS) is 10.2. The van der Waals surface area contributed by atoms with E-state index < -0.39 is 18.0 Å². The van der Waals surface area contributed by atoms with Crippen LogP contribution in [0.1, 0.15) is 10.5 Å². The minimum Gasteiger partial charge on any atom is -0.465 e. The Balaban J connectivity index is 1.64. The summed E-state index contributed by atoms with van der Waals surface area (Å²) in [5.41, 5.74) is 1.60. The summed E-state index contributed by atoms with van der Waals surface area (Å²) in [6.07, 6.45) is -1.27. The molecule has 154 valence electrons. The quantitative estimate of drug-likeness (QED) is 0.354. The van der Waals surface area contributed by atoms with Crippen molar-refractivity contribution >= 4 is 76.7 Å². The molecule has 0 saturated carbocycles. The second-order valence-electron chi connectivity index (χ2n) is 5.69. The predicted octanol–water partition coefficient (Wildman–Crippen LogP) is 4.42. The molecule has 0 unspecified atom stereocenters. The third-order valence-corrected chi connectivity index (χ3v) is 4.69. The Morgan fingerprint density at radius 2 is 1.67 bits per heavy atom. The highest BCUT2D eigenvalue weighted by Gasteiger charge is 2.15. The predicted molar refractivity (Wildman–Crippen MR) is 118 cm³/mol. The van der Waals surface area contributed by atoms with Crippen LogP contribution in [0.5, 0.6) is 0 Å². The maximum Gasteiger partial charge on any atom is 0.409 e. The molecule has 10 nitrogen and oxygen atoms in total. The van der Waals surface area contributed by atoms with E-state index in [1.54, 1.807) is 24.3 Å². The lowest BCUT2D eigenvalue weighted by Crippen LogP contribution is -2.26.